The number of nitrogens with zero attached hydrogens (tertiary/aromatic N) is 2. The van der Waals surface area contributed by atoms with Crippen molar-refractivity contribution in [2.45, 2.75) is 37.5 Å². The summed E-state index contributed by atoms with van der Waals surface area (Å²) in [6.07, 6.45) is 0.0700. The molecule has 3 rings (SSSR count). The number of carbonyl (C=O) groups is 1. The van der Waals surface area contributed by atoms with Gasteiger partial charge in [0.15, 0.2) is 0 Å². The van der Waals surface area contributed by atoms with E-state index in [1.54, 1.807) is 11.7 Å². The van der Waals surface area contributed by atoms with Crippen LogP contribution in [0.5, 0.6) is 0 Å². The third-order valence-corrected chi connectivity index (χ3v) is 8.34. The molecule has 4 atom stereocenters. The van der Waals surface area contributed by atoms with E-state index < -0.39 is 40.4 Å². The molecule has 11 heteroatoms. The van der Waals surface area contributed by atoms with E-state index in [2.05, 4.69) is 15.0 Å². The summed E-state index contributed by atoms with van der Waals surface area (Å²) in [5.74, 6) is -0.666. The number of aliphatic hydroxyl groups excluding tert-OH is 1. The smallest absolute Gasteiger partial charge is 0.404 e. The summed E-state index contributed by atoms with van der Waals surface area (Å²) in [4.78, 5) is 16.7. The third kappa shape index (κ3) is 8.10. The Morgan fingerprint density at radius 3 is 2.00 bits per heavy atom. The largest absolute Gasteiger partial charge is 0.465 e. The minimum atomic E-state index is -3.86. The van der Waals surface area contributed by atoms with E-state index in [1.165, 1.54) is 25.4 Å². The van der Waals surface area contributed by atoms with E-state index in [9.17, 15) is 23.4 Å². The molecular weight excluding hydrogens is 500 g/mol. The van der Waals surface area contributed by atoms with Crippen molar-refractivity contribution < 1.29 is 23.4 Å². The predicted molar refractivity (Wildman–Crippen MR) is 140 cm³/mol. The van der Waals surface area contributed by atoms with Crippen LogP contribution in [0, 0.1) is 5.92 Å². The lowest BCUT2D eigenvalue weighted by molar-refractivity contribution is 0.0525. The van der Waals surface area contributed by atoms with Gasteiger partial charge in [-0.2, -0.15) is 17.4 Å². The number of amides is 1. The summed E-state index contributed by atoms with van der Waals surface area (Å²) in [7, 11) is -0.997. The molecule has 0 fully saturated rings. The fourth-order valence-electron chi connectivity index (χ4n) is 4.10. The number of hydrogen-bond donors (Lipinski definition) is 4. The lowest BCUT2D eigenvalue weighted by atomic mass is 9.82. The fourth-order valence-corrected chi connectivity index (χ4v) is 5.62. The van der Waals surface area contributed by atoms with Crippen LogP contribution in [-0.4, -0.2) is 66.3 Å². The normalized spacial score (nSPS) is 15.2. The number of carboxylic acid groups (broad SMARTS) is 1. The van der Waals surface area contributed by atoms with Crippen molar-refractivity contribution in [1.29, 1.82) is 0 Å². The maximum atomic E-state index is 12.9. The highest BCUT2D eigenvalue weighted by molar-refractivity contribution is 7.87. The highest BCUT2D eigenvalue weighted by atomic mass is 32.2. The van der Waals surface area contributed by atoms with Crippen LogP contribution in [0.25, 0.3) is 0 Å². The van der Waals surface area contributed by atoms with Crippen LogP contribution in [0.4, 0.5) is 4.79 Å². The van der Waals surface area contributed by atoms with E-state index in [0.29, 0.717) is 12.8 Å². The standard InChI is InChI=1S/C25H32N4O5S2/c1-29(2)36(33,34)28-22(13-18-9-5-3-6-10-18)21(15-20-16-26-17-35-20)24(30)23(27-25(31)32)14-19-11-7-4-8-12-19/h3-12,16-17,21-24,27-28,30H,13-15H2,1-2H3,(H,31,32)/t21?,22-,23-,24-/m0/s1. The summed E-state index contributed by atoms with van der Waals surface area (Å²) in [5.41, 5.74) is 3.41. The SMILES string of the molecule is CN(C)S(=O)(=O)N[C@@H](Cc1ccccc1)C(Cc1cncs1)[C@H](O)[C@H](Cc1ccccc1)NC(=O)O. The Balaban J connectivity index is 2.01. The van der Waals surface area contributed by atoms with E-state index in [4.69, 9.17) is 0 Å². The first kappa shape index (κ1) is 27.8. The van der Waals surface area contributed by atoms with Crippen molar-refractivity contribution in [3.8, 4) is 0 Å². The van der Waals surface area contributed by atoms with Gasteiger partial charge in [-0.25, -0.2) is 4.79 Å². The van der Waals surface area contributed by atoms with Crippen molar-refractivity contribution in [2.24, 2.45) is 5.92 Å². The van der Waals surface area contributed by atoms with Crippen molar-refractivity contribution in [3.05, 3.63) is 88.4 Å². The van der Waals surface area contributed by atoms with Crippen molar-refractivity contribution >= 4 is 27.6 Å². The second-order valence-electron chi connectivity index (χ2n) is 8.77. The van der Waals surface area contributed by atoms with E-state index >= 15 is 0 Å². The molecule has 0 spiro atoms. The maximum Gasteiger partial charge on any atom is 0.404 e. The molecule has 1 unspecified atom stereocenters. The number of nitrogens with one attached hydrogen (secondary N) is 2. The Morgan fingerprint density at radius 1 is 0.972 bits per heavy atom. The summed E-state index contributed by atoms with van der Waals surface area (Å²) in [6, 6.07) is 17.1. The van der Waals surface area contributed by atoms with Gasteiger partial charge in [0.2, 0.25) is 0 Å². The van der Waals surface area contributed by atoms with Crippen LogP contribution >= 0.6 is 11.3 Å². The van der Waals surface area contributed by atoms with Crippen LogP contribution in [0.1, 0.15) is 16.0 Å². The first-order valence-corrected chi connectivity index (χ1v) is 13.8. The molecule has 0 radical (unpaired) electrons. The average Bonchev–Trinajstić information content (AvgIpc) is 3.35. The van der Waals surface area contributed by atoms with Gasteiger partial charge in [-0.3, -0.25) is 4.98 Å². The average molecular weight is 533 g/mol. The van der Waals surface area contributed by atoms with E-state index in [-0.39, 0.29) is 6.42 Å². The first-order valence-electron chi connectivity index (χ1n) is 11.5. The van der Waals surface area contributed by atoms with Crippen LogP contribution in [0.3, 0.4) is 0 Å². The Labute approximate surface area is 216 Å². The van der Waals surface area contributed by atoms with Gasteiger partial charge in [0, 0.05) is 37.1 Å². The molecule has 0 bridgehead atoms. The molecule has 194 valence electrons. The topological polar surface area (TPSA) is 132 Å². The second-order valence-corrected chi connectivity index (χ2v) is 11.7. The Hall–Kier alpha value is -2.83. The first-order chi connectivity index (χ1) is 17.2. The molecule has 0 aliphatic heterocycles. The molecule has 4 N–H and O–H groups in total. The Bertz CT molecular complexity index is 1180. The minimum Gasteiger partial charge on any atom is -0.465 e. The second kappa shape index (κ2) is 12.9. The third-order valence-electron chi connectivity index (χ3n) is 5.97. The lowest BCUT2D eigenvalue weighted by Crippen LogP contribution is -2.55. The molecule has 3 aromatic rings. The van der Waals surface area contributed by atoms with Gasteiger partial charge in [-0.05, 0) is 30.4 Å². The van der Waals surface area contributed by atoms with Gasteiger partial charge in [-0.15, -0.1) is 11.3 Å². The lowest BCUT2D eigenvalue weighted by Gasteiger charge is -2.36. The monoisotopic (exact) mass is 532 g/mol. The molecular formula is C25H32N4O5S2. The molecule has 0 aliphatic carbocycles. The number of thiazole rings is 1. The molecule has 1 aromatic heterocycles. The van der Waals surface area contributed by atoms with Gasteiger partial charge in [0.05, 0.1) is 17.7 Å². The Morgan fingerprint density at radius 2 is 1.53 bits per heavy atom. The highest BCUT2D eigenvalue weighted by Gasteiger charge is 2.37. The van der Waals surface area contributed by atoms with E-state index in [1.807, 2.05) is 60.7 Å². The maximum absolute atomic E-state index is 12.9. The fraction of sp³-hybridized carbons (Fsp3) is 0.360. The molecule has 0 aliphatic rings. The molecule has 0 saturated heterocycles. The summed E-state index contributed by atoms with van der Waals surface area (Å²) in [5, 5.41) is 23.7. The molecule has 0 saturated carbocycles. The van der Waals surface area contributed by atoms with Gasteiger partial charge < -0.3 is 15.5 Å². The van der Waals surface area contributed by atoms with Crippen LogP contribution in [-0.2, 0) is 29.5 Å². The number of aliphatic hydroxyl groups is 1. The van der Waals surface area contributed by atoms with Crippen molar-refractivity contribution in [2.75, 3.05) is 14.1 Å². The molecule has 9 nitrogen and oxygen atoms in total. The van der Waals surface area contributed by atoms with Gasteiger partial charge >= 0.3 is 6.09 Å². The minimum absolute atomic E-state index is 0.242. The highest BCUT2D eigenvalue weighted by Crippen LogP contribution is 2.26. The number of aromatic nitrogens is 1. The van der Waals surface area contributed by atoms with Gasteiger partial charge in [0.1, 0.15) is 0 Å². The van der Waals surface area contributed by atoms with Crippen LogP contribution in [0.2, 0.25) is 0 Å². The molecule has 1 amide bonds. The number of rotatable bonds is 13. The summed E-state index contributed by atoms with van der Waals surface area (Å²) in [6.45, 7) is 0. The Kier molecular flexibility index (Phi) is 9.97. The predicted octanol–water partition coefficient (Wildman–Crippen LogP) is 2.55. The number of benzene rings is 2. The van der Waals surface area contributed by atoms with Gasteiger partial charge in [0.25, 0.3) is 10.2 Å². The molecule has 2 aromatic carbocycles. The van der Waals surface area contributed by atoms with Gasteiger partial charge in [-0.1, -0.05) is 60.7 Å². The molecule has 1 heterocycles. The zero-order valence-electron chi connectivity index (χ0n) is 20.2. The molecule has 36 heavy (non-hydrogen) atoms. The van der Waals surface area contributed by atoms with E-state index in [0.717, 1.165) is 20.3 Å². The summed E-state index contributed by atoms with van der Waals surface area (Å²) < 4.78 is 29.7. The zero-order chi connectivity index (χ0) is 26.1. The zero-order valence-corrected chi connectivity index (χ0v) is 21.8. The van der Waals surface area contributed by atoms with Crippen LogP contribution < -0.4 is 10.0 Å². The summed E-state index contributed by atoms with van der Waals surface area (Å²) >= 11 is 1.40. The van der Waals surface area contributed by atoms with Crippen LogP contribution in [0.15, 0.2) is 72.4 Å². The van der Waals surface area contributed by atoms with Crippen molar-refractivity contribution in [1.82, 2.24) is 19.3 Å². The quantitative estimate of drug-likeness (QED) is 0.268. The van der Waals surface area contributed by atoms with Crippen molar-refractivity contribution in [3.63, 3.8) is 0 Å². The number of hydrogen-bond acceptors (Lipinski definition) is 6.